The Morgan fingerprint density at radius 2 is 1.62 bits per heavy atom. The van der Waals surface area contributed by atoms with Crippen molar-refractivity contribution in [1.82, 2.24) is 9.88 Å². The number of nitrogens with zero attached hydrogens (tertiary/aromatic N) is 3. The molecule has 1 aliphatic rings. The summed E-state index contributed by atoms with van der Waals surface area (Å²) < 4.78 is 0. The molecule has 1 aliphatic heterocycles. The van der Waals surface area contributed by atoms with Crippen molar-refractivity contribution < 1.29 is 0 Å². The number of rotatable bonds is 5. The highest BCUT2D eigenvalue weighted by Crippen LogP contribution is 2.31. The maximum atomic E-state index is 5.83. The summed E-state index contributed by atoms with van der Waals surface area (Å²) in [5.74, 6) is 1.83. The molecular formula is C22H24ClN3. The molecule has 1 fully saturated rings. The van der Waals surface area contributed by atoms with E-state index in [9.17, 15) is 0 Å². The second-order valence-corrected chi connectivity index (χ2v) is 7.16. The third-order valence-corrected chi connectivity index (χ3v) is 5.36. The number of hydrogen-bond donors (Lipinski definition) is 0. The summed E-state index contributed by atoms with van der Waals surface area (Å²) in [6, 6.07) is 21.3. The van der Waals surface area contributed by atoms with Crippen molar-refractivity contribution in [3.63, 3.8) is 0 Å². The molecule has 26 heavy (non-hydrogen) atoms. The molecule has 0 N–H and O–H groups in total. The predicted octanol–water partition coefficient (Wildman–Crippen LogP) is 4.65. The van der Waals surface area contributed by atoms with Gasteiger partial charge in [-0.25, -0.2) is 4.98 Å². The minimum atomic E-state index is 0.743. The predicted molar refractivity (Wildman–Crippen MR) is 111 cm³/mol. The highest BCUT2D eigenvalue weighted by Gasteiger charge is 2.19. The van der Waals surface area contributed by atoms with Crippen LogP contribution in [0.1, 0.15) is 6.42 Å². The number of hydrogen-bond acceptors (Lipinski definition) is 3. The molecule has 1 aromatic heterocycles. The Bertz CT molecular complexity index is 858. The van der Waals surface area contributed by atoms with Crippen molar-refractivity contribution in [3.05, 3.63) is 60.7 Å². The van der Waals surface area contributed by atoms with Crippen molar-refractivity contribution >= 4 is 28.3 Å². The lowest BCUT2D eigenvalue weighted by Gasteiger charge is -2.35. The summed E-state index contributed by atoms with van der Waals surface area (Å²) in [5, 5.41) is 1.21. The molecule has 0 spiro atoms. The van der Waals surface area contributed by atoms with Gasteiger partial charge in [-0.3, -0.25) is 4.90 Å². The van der Waals surface area contributed by atoms with Crippen LogP contribution in [0, 0.1) is 0 Å². The van der Waals surface area contributed by atoms with Crippen molar-refractivity contribution in [1.29, 1.82) is 0 Å². The van der Waals surface area contributed by atoms with E-state index in [1.165, 1.54) is 16.5 Å². The zero-order valence-electron chi connectivity index (χ0n) is 14.9. The Kier molecular flexibility index (Phi) is 5.37. The molecule has 4 heteroatoms. The summed E-state index contributed by atoms with van der Waals surface area (Å²) in [7, 11) is 0. The van der Waals surface area contributed by atoms with E-state index in [2.05, 4.69) is 70.5 Å². The summed E-state index contributed by atoms with van der Waals surface area (Å²) in [6.45, 7) is 5.28. The average molecular weight is 366 g/mol. The summed E-state index contributed by atoms with van der Waals surface area (Å²) in [4.78, 5) is 9.87. The van der Waals surface area contributed by atoms with E-state index in [1.54, 1.807) is 0 Å². The van der Waals surface area contributed by atoms with Gasteiger partial charge in [0.1, 0.15) is 5.82 Å². The Morgan fingerprint density at radius 3 is 2.38 bits per heavy atom. The molecule has 1 saturated heterocycles. The van der Waals surface area contributed by atoms with Crippen LogP contribution < -0.4 is 4.90 Å². The minimum absolute atomic E-state index is 0.743. The van der Waals surface area contributed by atoms with Gasteiger partial charge in [-0.05, 0) is 36.2 Å². The lowest BCUT2D eigenvalue weighted by molar-refractivity contribution is 0.258. The van der Waals surface area contributed by atoms with Gasteiger partial charge >= 0.3 is 0 Å². The molecule has 2 heterocycles. The standard InChI is InChI=1S/C22H24ClN3/c23-11-6-12-25-13-15-26(16-14-25)22-17-20(18-7-2-1-3-8-18)19-9-4-5-10-21(19)24-22/h1-5,7-10,17H,6,11-16H2. The summed E-state index contributed by atoms with van der Waals surface area (Å²) in [5.41, 5.74) is 3.57. The van der Waals surface area contributed by atoms with Crippen molar-refractivity contribution in [2.24, 2.45) is 0 Å². The number of anilines is 1. The van der Waals surface area contributed by atoms with Crippen LogP contribution in [0.3, 0.4) is 0 Å². The maximum Gasteiger partial charge on any atom is 0.129 e. The normalized spacial score (nSPS) is 15.5. The quantitative estimate of drug-likeness (QED) is 0.613. The molecule has 0 aliphatic carbocycles. The summed E-state index contributed by atoms with van der Waals surface area (Å²) in [6.07, 6.45) is 1.06. The molecule has 2 aromatic carbocycles. The van der Waals surface area contributed by atoms with Crippen LogP contribution in [-0.2, 0) is 0 Å². The third kappa shape index (κ3) is 3.69. The highest BCUT2D eigenvalue weighted by atomic mass is 35.5. The summed E-state index contributed by atoms with van der Waals surface area (Å²) >= 11 is 5.83. The number of alkyl halides is 1. The van der Waals surface area contributed by atoms with Gasteiger partial charge in [0.15, 0.2) is 0 Å². The van der Waals surface area contributed by atoms with E-state index in [4.69, 9.17) is 16.6 Å². The van der Waals surface area contributed by atoms with E-state index in [0.717, 1.165) is 56.4 Å². The van der Waals surface area contributed by atoms with Crippen molar-refractivity contribution in [3.8, 4) is 11.1 Å². The van der Waals surface area contributed by atoms with E-state index in [1.807, 2.05) is 0 Å². The number of piperazine rings is 1. The average Bonchev–Trinajstić information content (AvgIpc) is 2.72. The largest absolute Gasteiger partial charge is 0.354 e. The van der Waals surface area contributed by atoms with Gasteiger partial charge in [-0.1, -0.05) is 48.5 Å². The lowest BCUT2D eigenvalue weighted by Crippen LogP contribution is -2.47. The fourth-order valence-electron chi connectivity index (χ4n) is 3.66. The van der Waals surface area contributed by atoms with Gasteiger partial charge in [0.2, 0.25) is 0 Å². The van der Waals surface area contributed by atoms with Gasteiger partial charge in [-0.2, -0.15) is 0 Å². The topological polar surface area (TPSA) is 19.4 Å². The number of benzene rings is 2. The number of fused-ring (bicyclic) bond motifs is 1. The third-order valence-electron chi connectivity index (χ3n) is 5.09. The number of para-hydroxylation sites is 1. The number of aromatic nitrogens is 1. The maximum absolute atomic E-state index is 5.83. The first-order chi connectivity index (χ1) is 12.8. The molecule has 3 nitrogen and oxygen atoms in total. The monoisotopic (exact) mass is 365 g/mol. The van der Waals surface area contributed by atoms with Gasteiger partial charge < -0.3 is 4.90 Å². The Morgan fingerprint density at radius 1 is 0.885 bits per heavy atom. The van der Waals surface area contributed by atoms with Crippen LogP contribution in [0.2, 0.25) is 0 Å². The zero-order chi connectivity index (χ0) is 17.8. The van der Waals surface area contributed by atoms with Gasteiger partial charge in [0.05, 0.1) is 5.52 Å². The van der Waals surface area contributed by atoms with Crippen molar-refractivity contribution in [2.75, 3.05) is 43.5 Å². The second-order valence-electron chi connectivity index (χ2n) is 6.78. The first-order valence-electron chi connectivity index (χ1n) is 9.33. The molecule has 0 unspecified atom stereocenters. The van der Waals surface area contributed by atoms with Gasteiger partial charge in [-0.15, -0.1) is 11.6 Å². The fourth-order valence-corrected chi connectivity index (χ4v) is 3.78. The van der Waals surface area contributed by atoms with E-state index in [0.29, 0.717) is 0 Å². The minimum Gasteiger partial charge on any atom is -0.354 e. The lowest BCUT2D eigenvalue weighted by atomic mass is 10.0. The Balaban J connectivity index is 1.65. The smallest absolute Gasteiger partial charge is 0.129 e. The first-order valence-corrected chi connectivity index (χ1v) is 9.87. The molecular weight excluding hydrogens is 342 g/mol. The second kappa shape index (κ2) is 8.07. The SMILES string of the molecule is ClCCCN1CCN(c2cc(-c3ccccc3)c3ccccc3n2)CC1. The molecule has 0 saturated carbocycles. The van der Waals surface area contributed by atoms with Crippen molar-refractivity contribution in [2.45, 2.75) is 6.42 Å². The molecule has 0 atom stereocenters. The molecule has 4 rings (SSSR count). The van der Waals surface area contributed by atoms with Gasteiger partial charge in [0.25, 0.3) is 0 Å². The van der Waals surface area contributed by atoms with Crippen LogP contribution in [0.25, 0.3) is 22.0 Å². The van der Waals surface area contributed by atoms with E-state index < -0.39 is 0 Å². The van der Waals surface area contributed by atoms with Crippen LogP contribution in [0.15, 0.2) is 60.7 Å². The van der Waals surface area contributed by atoms with Crippen LogP contribution in [0.4, 0.5) is 5.82 Å². The molecule has 0 radical (unpaired) electrons. The van der Waals surface area contributed by atoms with E-state index in [-0.39, 0.29) is 0 Å². The molecule has 134 valence electrons. The number of pyridine rings is 1. The van der Waals surface area contributed by atoms with E-state index >= 15 is 0 Å². The highest BCUT2D eigenvalue weighted by molar-refractivity contribution is 6.17. The zero-order valence-corrected chi connectivity index (χ0v) is 15.7. The molecule has 3 aromatic rings. The van der Waals surface area contributed by atoms with Crippen LogP contribution >= 0.6 is 11.6 Å². The van der Waals surface area contributed by atoms with Crippen LogP contribution in [0.5, 0.6) is 0 Å². The molecule has 0 bridgehead atoms. The number of halogens is 1. The Labute approximate surface area is 160 Å². The first kappa shape index (κ1) is 17.3. The Hall–Kier alpha value is -2.10. The molecule has 0 amide bonds. The fraction of sp³-hybridized carbons (Fsp3) is 0.318. The van der Waals surface area contributed by atoms with Gasteiger partial charge in [0, 0.05) is 37.4 Å². The van der Waals surface area contributed by atoms with Crippen LogP contribution in [-0.4, -0.2) is 48.5 Å².